The van der Waals surface area contributed by atoms with Gasteiger partial charge in [0.25, 0.3) is 5.56 Å². The third-order valence-corrected chi connectivity index (χ3v) is 6.01. The normalized spacial score (nSPS) is 21.2. The molecule has 0 bridgehead atoms. The van der Waals surface area contributed by atoms with E-state index in [9.17, 15) is 18.0 Å². The summed E-state index contributed by atoms with van der Waals surface area (Å²) in [7, 11) is 0. The van der Waals surface area contributed by atoms with Gasteiger partial charge >= 0.3 is 6.18 Å². The highest BCUT2D eigenvalue weighted by atomic mass is 19.4. The minimum atomic E-state index is -4.37. The van der Waals surface area contributed by atoms with Crippen LogP contribution >= 0.6 is 0 Å². The van der Waals surface area contributed by atoms with Crippen LogP contribution < -0.4 is 16.6 Å². The number of aliphatic imine (C=N–C) groups is 1. The molecule has 0 aliphatic carbocycles. The van der Waals surface area contributed by atoms with Gasteiger partial charge in [-0.2, -0.15) is 13.2 Å². The van der Waals surface area contributed by atoms with E-state index in [1.54, 1.807) is 6.07 Å². The Labute approximate surface area is 189 Å². The van der Waals surface area contributed by atoms with Crippen LogP contribution in [0, 0.1) is 0 Å². The molecule has 4 N–H and O–H groups in total. The first-order valence-corrected chi connectivity index (χ1v) is 11.1. The number of aromatic amines is 1. The zero-order valence-corrected chi connectivity index (χ0v) is 18.2. The third kappa shape index (κ3) is 5.56. The van der Waals surface area contributed by atoms with Crippen LogP contribution in [0.25, 0.3) is 0 Å². The molecule has 10 heteroatoms. The summed E-state index contributed by atoms with van der Waals surface area (Å²) in [6.07, 6.45) is 0.510. The Balaban J connectivity index is 1.57. The maximum absolute atomic E-state index is 13.7. The van der Waals surface area contributed by atoms with E-state index in [0.29, 0.717) is 37.7 Å². The number of pyridine rings is 1. The van der Waals surface area contributed by atoms with Crippen molar-refractivity contribution in [3.8, 4) is 0 Å². The summed E-state index contributed by atoms with van der Waals surface area (Å²) in [5, 5.41) is 3.29. The van der Waals surface area contributed by atoms with Crippen LogP contribution in [-0.4, -0.2) is 54.2 Å². The summed E-state index contributed by atoms with van der Waals surface area (Å²) in [5.74, 6) is -0.0178. The Hall–Kier alpha value is -2.85. The summed E-state index contributed by atoms with van der Waals surface area (Å²) in [6.45, 7) is 2.10. The molecule has 2 fully saturated rings. The van der Waals surface area contributed by atoms with Crippen molar-refractivity contribution in [3.63, 3.8) is 0 Å². The molecule has 2 aliphatic rings. The maximum Gasteiger partial charge on any atom is 0.408 e. The van der Waals surface area contributed by atoms with Crippen molar-refractivity contribution >= 4 is 17.2 Å². The van der Waals surface area contributed by atoms with Crippen molar-refractivity contribution in [2.24, 2.45) is 10.7 Å². The molecule has 0 radical (unpaired) electrons. The van der Waals surface area contributed by atoms with Crippen LogP contribution in [0.1, 0.15) is 42.9 Å². The van der Waals surface area contributed by atoms with Crippen molar-refractivity contribution in [3.05, 3.63) is 58.0 Å². The van der Waals surface area contributed by atoms with Crippen molar-refractivity contribution in [2.75, 3.05) is 31.6 Å². The van der Waals surface area contributed by atoms with Crippen molar-refractivity contribution in [1.29, 1.82) is 0 Å². The van der Waals surface area contributed by atoms with E-state index in [0.717, 1.165) is 25.7 Å². The quantitative estimate of drug-likeness (QED) is 0.449. The largest absolute Gasteiger partial charge is 0.408 e. The lowest BCUT2D eigenvalue weighted by Crippen LogP contribution is -2.36. The van der Waals surface area contributed by atoms with Crippen molar-refractivity contribution < 1.29 is 17.9 Å². The Morgan fingerprint density at radius 3 is 2.55 bits per heavy atom. The number of benzene rings is 1. The van der Waals surface area contributed by atoms with E-state index in [1.165, 1.54) is 35.4 Å². The minimum absolute atomic E-state index is 0.0178. The second-order valence-electron chi connectivity index (χ2n) is 8.43. The van der Waals surface area contributed by atoms with E-state index < -0.39 is 17.8 Å². The average Bonchev–Trinajstić information content (AvgIpc) is 3.29. The maximum atomic E-state index is 13.7. The number of nitrogens with two attached hydrogens (primary N) is 1. The highest BCUT2D eigenvalue weighted by Crippen LogP contribution is 2.39. The van der Waals surface area contributed by atoms with E-state index >= 15 is 0 Å². The Bertz CT molecular complexity index is 1020. The summed E-state index contributed by atoms with van der Waals surface area (Å²) >= 11 is 0. The van der Waals surface area contributed by atoms with E-state index in [1.807, 2.05) is 0 Å². The van der Waals surface area contributed by atoms with Gasteiger partial charge in [0, 0.05) is 18.8 Å². The highest BCUT2D eigenvalue weighted by molar-refractivity contribution is 6.03. The molecule has 1 unspecified atom stereocenters. The molecule has 4 rings (SSSR count). The van der Waals surface area contributed by atoms with Gasteiger partial charge in [-0.3, -0.25) is 9.69 Å². The fourth-order valence-electron chi connectivity index (χ4n) is 4.46. The lowest BCUT2D eigenvalue weighted by molar-refractivity contribution is -0.183. The molecular weight excluding hydrogens is 435 g/mol. The minimum Gasteiger partial charge on any atom is -0.383 e. The number of ether oxygens (including phenoxy) is 1. The van der Waals surface area contributed by atoms with E-state index in [2.05, 4.69) is 15.3 Å². The molecule has 33 heavy (non-hydrogen) atoms. The Kier molecular flexibility index (Phi) is 7.04. The number of amidine groups is 1. The van der Waals surface area contributed by atoms with Crippen LogP contribution in [0.4, 0.5) is 24.5 Å². The standard InChI is InChI=1S/C23H28F3N5O2/c24-23(25,26)20(31-11-1-2-12-31)15-5-7-16(8-6-15)30-21(27)19-18(9-10-28-22(19)32)29-17-4-3-13-33-14-17/h5-10,17,20H,1-4,11-14H2,(H2,27,30)(H2,28,29,32)/t17-,20?/m1/s1. The third-order valence-electron chi connectivity index (χ3n) is 6.01. The number of alkyl halides is 3. The molecule has 2 saturated heterocycles. The fourth-order valence-corrected chi connectivity index (χ4v) is 4.46. The van der Waals surface area contributed by atoms with Crippen LogP contribution in [-0.2, 0) is 4.74 Å². The van der Waals surface area contributed by atoms with Crippen molar-refractivity contribution in [2.45, 2.75) is 43.9 Å². The van der Waals surface area contributed by atoms with Gasteiger partial charge in [-0.25, -0.2) is 4.99 Å². The van der Waals surface area contributed by atoms with Gasteiger partial charge in [-0.15, -0.1) is 0 Å². The number of anilines is 1. The molecule has 178 valence electrons. The zero-order chi connectivity index (χ0) is 23.4. The number of nitrogens with zero attached hydrogens (tertiary/aromatic N) is 2. The van der Waals surface area contributed by atoms with Gasteiger partial charge < -0.3 is 20.8 Å². The molecule has 1 aromatic carbocycles. The zero-order valence-electron chi connectivity index (χ0n) is 18.2. The molecular formula is C23H28F3N5O2. The first-order valence-electron chi connectivity index (χ1n) is 11.1. The monoisotopic (exact) mass is 463 g/mol. The molecule has 3 heterocycles. The fraction of sp³-hybridized carbons (Fsp3) is 0.478. The summed E-state index contributed by atoms with van der Waals surface area (Å²) in [6, 6.07) is 5.97. The number of rotatable bonds is 6. The molecule has 2 aromatic rings. The lowest BCUT2D eigenvalue weighted by atomic mass is 10.0. The van der Waals surface area contributed by atoms with E-state index in [-0.39, 0.29) is 23.0 Å². The van der Waals surface area contributed by atoms with Gasteiger partial charge in [0.1, 0.15) is 17.4 Å². The van der Waals surface area contributed by atoms with E-state index in [4.69, 9.17) is 10.5 Å². The number of hydrogen-bond acceptors (Lipinski definition) is 5. The van der Waals surface area contributed by atoms with Crippen molar-refractivity contribution in [1.82, 2.24) is 9.88 Å². The number of likely N-dealkylation sites (tertiary alicyclic amines) is 1. The summed E-state index contributed by atoms with van der Waals surface area (Å²) < 4.78 is 46.7. The SMILES string of the molecule is NC(=Nc1ccc(C(N2CCCC2)C(F)(F)F)cc1)c1c(N[C@@H]2CCCOC2)cc[nH]c1=O. The molecule has 2 atom stereocenters. The predicted octanol–water partition coefficient (Wildman–Crippen LogP) is 3.70. The number of nitrogens with one attached hydrogen (secondary N) is 2. The number of halogens is 3. The number of H-pyrrole nitrogens is 1. The first-order chi connectivity index (χ1) is 15.8. The van der Waals surface area contributed by atoms with Gasteiger partial charge in [0.05, 0.1) is 18.0 Å². The second kappa shape index (κ2) is 9.96. The van der Waals surface area contributed by atoms with Gasteiger partial charge in [0.2, 0.25) is 0 Å². The lowest BCUT2D eigenvalue weighted by Gasteiger charge is -2.29. The van der Waals surface area contributed by atoms with Crippen LogP contribution in [0.5, 0.6) is 0 Å². The number of aromatic nitrogens is 1. The van der Waals surface area contributed by atoms with Gasteiger partial charge in [-0.05, 0) is 62.5 Å². The van der Waals surface area contributed by atoms with Gasteiger partial charge in [-0.1, -0.05) is 12.1 Å². The first kappa shape index (κ1) is 23.3. The topological polar surface area (TPSA) is 95.7 Å². The van der Waals surface area contributed by atoms with Crippen LogP contribution in [0.3, 0.4) is 0 Å². The summed E-state index contributed by atoms with van der Waals surface area (Å²) in [4.78, 5) is 20.9. The molecule has 0 amide bonds. The molecule has 2 aliphatic heterocycles. The Morgan fingerprint density at radius 1 is 1.18 bits per heavy atom. The van der Waals surface area contributed by atoms with Crippen LogP contribution in [0.15, 0.2) is 46.3 Å². The average molecular weight is 464 g/mol. The molecule has 0 saturated carbocycles. The molecule has 0 spiro atoms. The molecule has 7 nitrogen and oxygen atoms in total. The molecule has 1 aromatic heterocycles. The smallest absolute Gasteiger partial charge is 0.383 e. The number of hydrogen-bond donors (Lipinski definition) is 3. The van der Waals surface area contributed by atoms with Gasteiger partial charge in [0.15, 0.2) is 0 Å². The Morgan fingerprint density at radius 2 is 1.91 bits per heavy atom. The highest BCUT2D eigenvalue weighted by Gasteiger charge is 2.45. The van der Waals surface area contributed by atoms with Crippen LogP contribution in [0.2, 0.25) is 0 Å². The summed E-state index contributed by atoms with van der Waals surface area (Å²) in [5.41, 5.74) is 7.04. The second-order valence-corrected chi connectivity index (χ2v) is 8.43. The predicted molar refractivity (Wildman–Crippen MR) is 121 cm³/mol.